The number of hydrogen-bond donors (Lipinski definition) is 4. The normalized spacial score (nSPS) is 15.0. The van der Waals surface area contributed by atoms with Crippen molar-refractivity contribution in [2.24, 2.45) is 5.73 Å². The van der Waals surface area contributed by atoms with Crippen molar-refractivity contribution in [2.45, 2.75) is 167 Å². The van der Waals surface area contributed by atoms with Gasteiger partial charge >= 0.3 is 25.7 Å². The number of aliphatic carboxylic acids is 1. The average molecular weight is 824 g/mol. The van der Waals surface area contributed by atoms with E-state index in [1.807, 2.05) is 37.3 Å². The highest BCUT2D eigenvalue weighted by atomic mass is 31.2. The molecule has 57 heavy (non-hydrogen) atoms. The fraction of sp³-hybridized carbons (Fsp3) is 0.659. The monoisotopic (exact) mass is 823 g/mol. The number of aliphatic hydroxyl groups excluding tert-OH is 1. The van der Waals surface area contributed by atoms with Gasteiger partial charge in [-0.3, -0.25) is 23.4 Å². The van der Waals surface area contributed by atoms with Gasteiger partial charge in [-0.25, -0.2) is 4.57 Å². The Balaban J connectivity index is 4.52. The van der Waals surface area contributed by atoms with E-state index < -0.39 is 63.8 Å². The van der Waals surface area contributed by atoms with E-state index >= 15 is 0 Å². The Kier molecular flexibility index (Phi) is 36.3. The molecule has 13 heteroatoms. The highest BCUT2D eigenvalue weighted by Gasteiger charge is 2.28. The molecule has 0 aromatic carbocycles. The molecular weight excluding hydrogens is 749 g/mol. The van der Waals surface area contributed by atoms with E-state index in [2.05, 4.69) is 47.9 Å². The summed E-state index contributed by atoms with van der Waals surface area (Å²) in [6.45, 7) is 2.38. The molecule has 0 bridgehead atoms. The summed E-state index contributed by atoms with van der Waals surface area (Å²) in [5, 5.41) is 18.3. The number of carbonyl (C=O) groups is 3. The molecule has 1 unspecified atom stereocenters. The van der Waals surface area contributed by atoms with Crippen LogP contribution in [-0.2, 0) is 37.5 Å². The van der Waals surface area contributed by atoms with Gasteiger partial charge in [0.1, 0.15) is 12.6 Å². The van der Waals surface area contributed by atoms with Crippen molar-refractivity contribution < 1.29 is 52.6 Å². The van der Waals surface area contributed by atoms with Gasteiger partial charge in [-0.15, -0.1) is 0 Å². The summed E-state index contributed by atoms with van der Waals surface area (Å²) in [4.78, 5) is 45.9. The molecule has 0 aliphatic heterocycles. The molecule has 0 radical (unpaired) electrons. The lowest BCUT2D eigenvalue weighted by Gasteiger charge is -2.20. The van der Waals surface area contributed by atoms with Crippen LogP contribution in [0.25, 0.3) is 0 Å². The fourth-order valence-electron chi connectivity index (χ4n) is 5.10. The first-order chi connectivity index (χ1) is 27.5. The third kappa shape index (κ3) is 38.2. The maximum atomic E-state index is 12.6. The molecule has 0 heterocycles. The number of esters is 2. The van der Waals surface area contributed by atoms with Gasteiger partial charge in [-0.1, -0.05) is 138 Å². The SMILES string of the molecule is CCCCCCCC/C=C\CCCCCCCC(=O)O[C@H](COC(=O)CCC/C=C\C/C=C\C/C=C\C/C=C\C=C\[C@@H](O)CC)COP(=O)(O)OC[C@H](N)C(=O)O. The molecule has 0 spiro atoms. The summed E-state index contributed by atoms with van der Waals surface area (Å²) in [6, 6.07) is -1.54. The minimum absolute atomic E-state index is 0.125. The number of hydrogen-bond acceptors (Lipinski definition) is 10. The van der Waals surface area contributed by atoms with Gasteiger partial charge in [0.2, 0.25) is 0 Å². The summed E-state index contributed by atoms with van der Waals surface area (Å²) in [5.74, 6) is -2.50. The van der Waals surface area contributed by atoms with Crippen LogP contribution in [0.4, 0.5) is 0 Å². The molecule has 0 aromatic heterocycles. The number of phosphoric ester groups is 1. The van der Waals surface area contributed by atoms with Crippen LogP contribution in [0.5, 0.6) is 0 Å². The van der Waals surface area contributed by atoms with Crippen molar-refractivity contribution in [3.05, 3.63) is 72.9 Å². The summed E-state index contributed by atoms with van der Waals surface area (Å²) >= 11 is 0. The van der Waals surface area contributed by atoms with Crippen LogP contribution < -0.4 is 5.73 Å². The Bertz CT molecular complexity index is 1260. The number of rotatable bonds is 38. The Morgan fingerprint density at radius 3 is 1.75 bits per heavy atom. The van der Waals surface area contributed by atoms with Gasteiger partial charge in [0, 0.05) is 12.8 Å². The zero-order valence-electron chi connectivity index (χ0n) is 34.8. The number of allylic oxidation sites excluding steroid dienone is 11. The van der Waals surface area contributed by atoms with Crippen LogP contribution in [-0.4, -0.2) is 71.1 Å². The van der Waals surface area contributed by atoms with Gasteiger partial charge in [0.05, 0.1) is 19.3 Å². The predicted octanol–water partition coefficient (Wildman–Crippen LogP) is 9.92. The number of carboxylic acids is 1. The second-order valence-electron chi connectivity index (χ2n) is 13.9. The number of carboxylic acid groups (broad SMARTS) is 1. The van der Waals surface area contributed by atoms with E-state index in [0.717, 1.165) is 57.8 Å². The molecule has 0 amide bonds. The van der Waals surface area contributed by atoms with Crippen LogP contribution in [0.3, 0.4) is 0 Å². The Morgan fingerprint density at radius 2 is 1.14 bits per heavy atom. The molecule has 4 atom stereocenters. The Hall–Kier alpha value is -3.12. The van der Waals surface area contributed by atoms with Gasteiger partial charge in [0.15, 0.2) is 6.10 Å². The lowest BCUT2D eigenvalue weighted by Crippen LogP contribution is -2.34. The van der Waals surface area contributed by atoms with Gasteiger partial charge < -0.3 is 30.3 Å². The van der Waals surface area contributed by atoms with E-state index in [1.54, 1.807) is 6.08 Å². The van der Waals surface area contributed by atoms with Crippen molar-refractivity contribution in [1.29, 1.82) is 0 Å². The lowest BCUT2D eigenvalue weighted by molar-refractivity contribution is -0.161. The third-order valence-electron chi connectivity index (χ3n) is 8.60. The van der Waals surface area contributed by atoms with E-state index in [0.29, 0.717) is 25.7 Å². The summed E-state index contributed by atoms with van der Waals surface area (Å²) in [7, 11) is -4.74. The van der Waals surface area contributed by atoms with Crippen LogP contribution in [0.2, 0.25) is 0 Å². The molecule has 5 N–H and O–H groups in total. The third-order valence-corrected chi connectivity index (χ3v) is 9.55. The number of unbranched alkanes of at least 4 members (excludes halogenated alkanes) is 12. The average Bonchev–Trinajstić information content (AvgIpc) is 3.19. The molecule has 0 saturated carbocycles. The second kappa shape index (κ2) is 38.4. The minimum atomic E-state index is -4.74. The van der Waals surface area contributed by atoms with Crippen molar-refractivity contribution in [2.75, 3.05) is 19.8 Å². The van der Waals surface area contributed by atoms with Crippen molar-refractivity contribution in [1.82, 2.24) is 0 Å². The first-order valence-electron chi connectivity index (χ1n) is 21.1. The van der Waals surface area contributed by atoms with Gasteiger partial charge in [0.25, 0.3) is 0 Å². The molecule has 0 aliphatic carbocycles. The Morgan fingerprint density at radius 1 is 0.632 bits per heavy atom. The second-order valence-corrected chi connectivity index (χ2v) is 15.4. The van der Waals surface area contributed by atoms with Crippen LogP contribution >= 0.6 is 7.82 Å². The first kappa shape index (κ1) is 53.9. The minimum Gasteiger partial charge on any atom is -0.480 e. The molecule has 326 valence electrons. The van der Waals surface area contributed by atoms with Gasteiger partial charge in [-0.05, 0) is 70.6 Å². The topological polar surface area (TPSA) is 192 Å². The number of ether oxygens (including phenoxy) is 2. The summed E-state index contributed by atoms with van der Waals surface area (Å²) in [5.41, 5.74) is 5.32. The maximum absolute atomic E-state index is 12.6. The number of aliphatic hydroxyl groups is 1. The molecule has 0 rings (SSSR count). The molecule has 12 nitrogen and oxygen atoms in total. The standard InChI is InChI=1S/C44H74NO11P/c1-3-5-6-7-8-9-10-11-12-17-20-23-26-29-32-35-43(48)56-40(37-54-57(51,52)55-38-41(45)44(49)50)36-53-42(47)34-31-28-25-22-19-16-14-13-15-18-21-24-27-30-33-39(46)4-2/h11-12,14-16,18,22,24-25,27,30,33,39-41,46H,3-10,13,17,19-21,23,26,28-29,31-32,34-38,45H2,1-2H3,(H,49,50)(H,51,52)/b12-11-,16-14-,18-15-,25-22-,27-24-,33-30+/t39-,40+,41-/m0/s1. The molecule has 0 aromatic rings. The molecule has 0 saturated heterocycles. The highest BCUT2D eigenvalue weighted by molar-refractivity contribution is 7.47. The maximum Gasteiger partial charge on any atom is 0.472 e. The predicted molar refractivity (Wildman–Crippen MR) is 227 cm³/mol. The summed E-state index contributed by atoms with van der Waals surface area (Å²) < 4.78 is 32.6. The first-order valence-corrected chi connectivity index (χ1v) is 22.6. The quantitative estimate of drug-likeness (QED) is 0.0152. The highest BCUT2D eigenvalue weighted by Crippen LogP contribution is 2.43. The largest absolute Gasteiger partial charge is 0.480 e. The number of nitrogens with two attached hydrogens (primary N) is 1. The van der Waals surface area contributed by atoms with E-state index in [-0.39, 0.29) is 12.8 Å². The van der Waals surface area contributed by atoms with Crippen LogP contribution in [0, 0.1) is 0 Å². The van der Waals surface area contributed by atoms with Crippen LogP contribution in [0.1, 0.15) is 149 Å². The van der Waals surface area contributed by atoms with Gasteiger partial charge in [-0.2, -0.15) is 0 Å². The van der Waals surface area contributed by atoms with Crippen molar-refractivity contribution >= 4 is 25.7 Å². The smallest absolute Gasteiger partial charge is 0.472 e. The van der Waals surface area contributed by atoms with E-state index in [4.69, 9.17) is 24.8 Å². The zero-order chi connectivity index (χ0) is 42.2. The van der Waals surface area contributed by atoms with Crippen molar-refractivity contribution in [3.63, 3.8) is 0 Å². The number of carbonyl (C=O) groups excluding carboxylic acids is 2. The van der Waals surface area contributed by atoms with E-state index in [9.17, 15) is 28.9 Å². The fourth-order valence-corrected chi connectivity index (χ4v) is 5.88. The lowest BCUT2D eigenvalue weighted by atomic mass is 10.1. The summed E-state index contributed by atoms with van der Waals surface area (Å²) in [6.07, 6.45) is 42.1. The molecule has 0 fully saturated rings. The Labute approximate surface area is 343 Å². The molecule has 0 aliphatic rings. The van der Waals surface area contributed by atoms with Crippen LogP contribution in [0.15, 0.2) is 72.9 Å². The number of phosphoric acid groups is 1. The zero-order valence-corrected chi connectivity index (χ0v) is 35.7. The van der Waals surface area contributed by atoms with Crippen molar-refractivity contribution in [3.8, 4) is 0 Å². The molecular formula is C44H74NO11P. The van der Waals surface area contributed by atoms with E-state index in [1.165, 1.54) is 38.5 Å².